The van der Waals surface area contributed by atoms with Gasteiger partial charge in [0, 0.05) is 12.1 Å². The van der Waals surface area contributed by atoms with Crippen molar-refractivity contribution < 1.29 is 0 Å². The van der Waals surface area contributed by atoms with Gasteiger partial charge in [-0.25, -0.2) is 0 Å². The van der Waals surface area contributed by atoms with Gasteiger partial charge < -0.3 is 10.6 Å². The largest absolute Gasteiger partial charge is 0.314 e. The van der Waals surface area contributed by atoms with Crippen LogP contribution in [0.1, 0.15) is 77.0 Å². The van der Waals surface area contributed by atoms with Crippen LogP contribution in [-0.4, -0.2) is 25.2 Å². The second-order valence-corrected chi connectivity index (χ2v) is 6.29. The zero-order chi connectivity index (χ0) is 12.5. The molecule has 18 heavy (non-hydrogen) atoms. The van der Waals surface area contributed by atoms with Gasteiger partial charge in [-0.1, -0.05) is 38.5 Å². The van der Waals surface area contributed by atoms with Gasteiger partial charge in [0.25, 0.3) is 0 Å². The maximum atomic E-state index is 3.70. The summed E-state index contributed by atoms with van der Waals surface area (Å²) in [6, 6.07) is 1.71. The number of hydrogen-bond donors (Lipinski definition) is 2. The molecule has 2 aliphatic rings. The third kappa shape index (κ3) is 5.71. The molecule has 0 heterocycles. The van der Waals surface area contributed by atoms with Crippen LogP contribution in [0, 0.1) is 0 Å². The fourth-order valence-corrected chi connectivity index (χ4v) is 3.48. The molecule has 0 atom stereocenters. The van der Waals surface area contributed by atoms with E-state index in [-0.39, 0.29) is 0 Å². The maximum Gasteiger partial charge on any atom is 0.00670 e. The molecule has 2 fully saturated rings. The molecular formula is C16H32N2. The van der Waals surface area contributed by atoms with Crippen LogP contribution in [0.5, 0.6) is 0 Å². The van der Waals surface area contributed by atoms with Crippen molar-refractivity contribution in [2.75, 3.05) is 13.1 Å². The molecule has 2 saturated carbocycles. The van der Waals surface area contributed by atoms with E-state index in [2.05, 4.69) is 10.6 Å². The van der Waals surface area contributed by atoms with E-state index in [4.69, 9.17) is 0 Å². The summed E-state index contributed by atoms with van der Waals surface area (Å²) >= 11 is 0. The van der Waals surface area contributed by atoms with Crippen LogP contribution in [0.4, 0.5) is 0 Å². The van der Waals surface area contributed by atoms with Crippen molar-refractivity contribution in [3.63, 3.8) is 0 Å². The Hall–Kier alpha value is -0.0800. The van der Waals surface area contributed by atoms with Crippen molar-refractivity contribution in [3.8, 4) is 0 Å². The molecule has 0 saturated heterocycles. The third-order valence-electron chi connectivity index (χ3n) is 4.68. The monoisotopic (exact) mass is 252 g/mol. The van der Waals surface area contributed by atoms with Crippen LogP contribution in [0.3, 0.4) is 0 Å². The van der Waals surface area contributed by atoms with Gasteiger partial charge >= 0.3 is 0 Å². The highest BCUT2D eigenvalue weighted by molar-refractivity contribution is 4.74. The van der Waals surface area contributed by atoms with Crippen LogP contribution in [-0.2, 0) is 0 Å². The first-order valence-electron chi connectivity index (χ1n) is 8.42. The number of rotatable bonds is 9. The molecule has 0 aromatic heterocycles. The van der Waals surface area contributed by atoms with Gasteiger partial charge in [0.05, 0.1) is 0 Å². The van der Waals surface area contributed by atoms with Crippen molar-refractivity contribution in [1.29, 1.82) is 0 Å². The van der Waals surface area contributed by atoms with E-state index in [0.717, 1.165) is 12.1 Å². The first kappa shape index (κ1) is 14.3. The Balaban J connectivity index is 1.31. The van der Waals surface area contributed by atoms with E-state index in [0.29, 0.717) is 0 Å². The Bertz CT molecular complexity index is 171. The van der Waals surface area contributed by atoms with Gasteiger partial charge in [-0.3, -0.25) is 0 Å². The summed E-state index contributed by atoms with van der Waals surface area (Å²) < 4.78 is 0. The Kier molecular flexibility index (Phi) is 7.11. The molecule has 0 unspecified atom stereocenters. The van der Waals surface area contributed by atoms with Crippen molar-refractivity contribution in [3.05, 3.63) is 0 Å². The zero-order valence-electron chi connectivity index (χ0n) is 12.1. The van der Waals surface area contributed by atoms with Gasteiger partial charge in [-0.2, -0.15) is 0 Å². The number of nitrogens with one attached hydrogen (secondary N) is 2. The molecule has 0 aliphatic heterocycles. The third-order valence-corrected chi connectivity index (χ3v) is 4.68. The lowest BCUT2D eigenvalue weighted by Crippen LogP contribution is -2.27. The van der Waals surface area contributed by atoms with Gasteiger partial charge in [0.1, 0.15) is 0 Å². The van der Waals surface area contributed by atoms with E-state index >= 15 is 0 Å². The molecule has 0 aromatic carbocycles. The minimum atomic E-state index is 0.856. The molecule has 0 bridgehead atoms. The smallest absolute Gasteiger partial charge is 0.00670 e. The average Bonchev–Trinajstić information content (AvgIpc) is 3.05. The summed E-state index contributed by atoms with van der Waals surface area (Å²) in [4.78, 5) is 0. The minimum Gasteiger partial charge on any atom is -0.314 e. The maximum absolute atomic E-state index is 3.70. The number of unbranched alkanes of at least 4 members (excludes halogenated alkanes) is 3. The molecule has 0 radical (unpaired) electrons. The lowest BCUT2D eigenvalue weighted by molar-refractivity contribution is 0.481. The quantitative estimate of drug-likeness (QED) is 0.613. The SMILES string of the molecule is C(CCCNC1CCCC1)CCNC1CCCC1. The first-order chi connectivity index (χ1) is 8.95. The molecule has 106 valence electrons. The minimum absolute atomic E-state index is 0.856. The highest BCUT2D eigenvalue weighted by Crippen LogP contribution is 2.18. The van der Waals surface area contributed by atoms with E-state index in [1.165, 1.54) is 90.1 Å². The Morgan fingerprint density at radius 1 is 0.556 bits per heavy atom. The van der Waals surface area contributed by atoms with E-state index < -0.39 is 0 Å². The van der Waals surface area contributed by atoms with Crippen molar-refractivity contribution in [1.82, 2.24) is 10.6 Å². The van der Waals surface area contributed by atoms with E-state index in [1.807, 2.05) is 0 Å². The predicted octanol–water partition coefficient (Wildman–Crippen LogP) is 3.61. The average molecular weight is 252 g/mol. The Morgan fingerprint density at radius 2 is 0.944 bits per heavy atom. The van der Waals surface area contributed by atoms with Crippen molar-refractivity contribution in [2.24, 2.45) is 0 Å². The second kappa shape index (κ2) is 8.92. The highest BCUT2D eigenvalue weighted by Gasteiger charge is 2.14. The molecule has 2 heteroatoms. The molecular weight excluding hydrogens is 220 g/mol. The van der Waals surface area contributed by atoms with Crippen LogP contribution >= 0.6 is 0 Å². The Labute approximate surface area is 113 Å². The van der Waals surface area contributed by atoms with Gasteiger partial charge in [0.15, 0.2) is 0 Å². The molecule has 2 aliphatic carbocycles. The van der Waals surface area contributed by atoms with Gasteiger partial charge in [0.2, 0.25) is 0 Å². The first-order valence-corrected chi connectivity index (χ1v) is 8.42. The second-order valence-electron chi connectivity index (χ2n) is 6.29. The summed E-state index contributed by atoms with van der Waals surface area (Å²) in [6.07, 6.45) is 17.1. The van der Waals surface area contributed by atoms with Gasteiger partial charge in [-0.15, -0.1) is 0 Å². The molecule has 0 amide bonds. The zero-order valence-corrected chi connectivity index (χ0v) is 12.1. The summed E-state index contributed by atoms with van der Waals surface area (Å²) in [5, 5.41) is 7.40. The normalized spacial score (nSPS) is 22.0. The standard InChI is InChI=1S/C16H32N2/c1(7-13-17-15-9-3-4-10-15)2-8-14-18-16-11-5-6-12-16/h15-18H,1-14H2. The van der Waals surface area contributed by atoms with Crippen LogP contribution in [0.15, 0.2) is 0 Å². The molecule has 0 aromatic rings. The fraction of sp³-hybridized carbons (Fsp3) is 1.00. The summed E-state index contributed by atoms with van der Waals surface area (Å²) in [7, 11) is 0. The molecule has 2 nitrogen and oxygen atoms in total. The lowest BCUT2D eigenvalue weighted by atomic mass is 10.1. The lowest BCUT2D eigenvalue weighted by Gasteiger charge is -2.12. The summed E-state index contributed by atoms with van der Waals surface area (Å²) in [5.41, 5.74) is 0. The van der Waals surface area contributed by atoms with E-state index in [9.17, 15) is 0 Å². The predicted molar refractivity (Wildman–Crippen MR) is 79.0 cm³/mol. The number of hydrogen-bond acceptors (Lipinski definition) is 2. The summed E-state index contributed by atoms with van der Waals surface area (Å²) in [6.45, 7) is 2.50. The van der Waals surface area contributed by atoms with E-state index in [1.54, 1.807) is 0 Å². The molecule has 2 N–H and O–H groups in total. The van der Waals surface area contributed by atoms with Crippen LogP contribution in [0.25, 0.3) is 0 Å². The highest BCUT2D eigenvalue weighted by atomic mass is 14.9. The topological polar surface area (TPSA) is 24.1 Å². The molecule has 0 spiro atoms. The fourth-order valence-electron chi connectivity index (χ4n) is 3.48. The Morgan fingerprint density at radius 3 is 1.33 bits per heavy atom. The van der Waals surface area contributed by atoms with Crippen molar-refractivity contribution in [2.45, 2.75) is 89.1 Å². The van der Waals surface area contributed by atoms with Crippen LogP contribution < -0.4 is 10.6 Å². The van der Waals surface area contributed by atoms with Crippen LogP contribution in [0.2, 0.25) is 0 Å². The summed E-state index contributed by atoms with van der Waals surface area (Å²) in [5.74, 6) is 0. The molecule has 2 rings (SSSR count). The van der Waals surface area contributed by atoms with Gasteiger partial charge in [-0.05, 0) is 51.6 Å². The van der Waals surface area contributed by atoms with Crippen molar-refractivity contribution >= 4 is 0 Å².